The van der Waals surface area contributed by atoms with Crippen molar-refractivity contribution in [3.63, 3.8) is 0 Å². The molecule has 0 aromatic rings. The zero-order valence-corrected chi connectivity index (χ0v) is 20.7. The Balaban J connectivity index is 1.33. The zero-order valence-electron chi connectivity index (χ0n) is 20.7. The van der Waals surface area contributed by atoms with Crippen LogP contribution in [0.4, 0.5) is 0 Å². The summed E-state index contributed by atoms with van der Waals surface area (Å²) < 4.78 is 5.93. The van der Waals surface area contributed by atoms with Crippen LogP contribution in [0, 0.1) is 35.5 Å². The third-order valence-electron chi connectivity index (χ3n) is 9.02. The summed E-state index contributed by atoms with van der Waals surface area (Å²) in [5.41, 5.74) is 0. The van der Waals surface area contributed by atoms with Gasteiger partial charge in [-0.15, -0.1) is 0 Å². The van der Waals surface area contributed by atoms with E-state index in [0.717, 1.165) is 25.7 Å². The number of hydrogen-bond donors (Lipinski definition) is 4. The van der Waals surface area contributed by atoms with Crippen LogP contribution in [0.25, 0.3) is 0 Å². The summed E-state index contributed by atoms with van der Waals surface area (Å²) in [6.45, 7) is 0.112. The highest BCUT2D eigenvalue weighted by Gasteiger charge is 2.46. The first-order chi connectivity index (χ1) is 17.2. The molecule has 0 amide bonds. The van der Waals surface area contributed by atoms with Crippen molar-refractivity contribution in [2.24, 2.45) is 35.5 Å². The molecule has 0 aliphatic heterocycles. The van der Waals surface area contributed by atoms with E-state index in [2.05, 4.69) is 0 Å². The maximum absolute atomic E-state index is 13.0. The summed E-state index contributed by atoms with van der Waals surface area (Å²) in [4.78, 5) is 47.7. The largest absolute Gasteiger partial charge is 0.481 e. The predicted octanol–water partition coefficient (Wildman–Crippen LogP) is 2.54. The molecule has 204 valence electrons. The highest BCUT2D eigenvalue weighted by atomic mass is 17.2. The number of carbonyl (C=O) groups excluding carboxylic acids is 1. The minimum atomic E-state index is -1.02. The molecule has 4 aliphatic rings. The Hall–Kier alpha value is -1.75. The maximum atomic E-state index is 13.0. The van der Waals surface area contributed by atoms with Crippen LogP contribution in [0.3, 0.4) is 0 Å². The number of aliphatic hydroxyl groups is 2. The topological polar surface area (TPSA) is 160 Å². The smallest absolute Gasteiger partial charge is 0.310 e. The molecule has 0 saturated heterocycles. The Bertz CT molecular complexity index is 787. The lowest BCUT2D eigenvalue weighted by molar-refractivity contribution is -0.352. The normalized spacial score (nSPS) is 41.2. The third-order valence-corrected chi connectivity index (χ3v) is 9.02. The molecule has 4 N–H and O–H groups in total. The third kappa shape index (κ3) is 6.38. The van der Waals surface area contributed by atoms with Crippen LogP contribution < -0.4 is 0 Å². The van der Waals surface area contributed by atoms with Crippen LogP contribution in [-0.4, -0.2) is 69.4 Å². The lowest BCUT2D eigenvalue weighted by atomic mass is 9.68. The van der Waals surface area contributed by atoms with Crippen molar-refractivity contribution in [1.29, 1.82) is 0 Å². The van der Waals surface area contributed by atoms with E-state index < -0.39 is 47.9 Å². The zero-order chi connectivity index (χ0) is 25.8. The molecule has 0 bridgehead atoms. The molecule has 36 heavy (non-hydrogen) atoms. The molecule has 0 heterocycles. The van der Waals surface area contributed by atoms with Crippen molar-refractivity contribution in [2.75, 3.05) is 6.61 Å². The summed E-state index contributed by atoms with van der Waals surface area (Å²) in [5.74, 6) is -4.73. The Labute approximate surface area is 211 Å². The van der Waals surface area contributed by atoms with E-state index in [1.165, 1.54) is 0 Å². The average molecular weight is 513 g/mol. The Morgan fingerprint density at radius 3 is 1.92 bits per heavy atom. The standard InChI is InChI=1S/C26H40O10/c27-15-5-7-17(24(29)30)14(11-15)13-34-36-23-10-9-22(18-3-1-2-4-19(18)23)35-26(33)21-12-16(28)6-8-20(21)25(31)32/h14-23,27-28H,1-13H2,(H,29,30)(H,31,32). The van der Waals surface area contributed by atoms with Gasteiger partial charge in [0, 0.05) is 11.8 Å². The monoisotopic (exact) mass is 512 g/mol. The SMILES string of the molecule is O=C(O)C1CCC(O)CC1COOC1CCC(OC(=O)C2CC(O)CCC2C(=O)O)C2CCCCC12. The summed E-state index contributed by atoms with van der Waals surface area (Å²) in [6, 6.07) is 0. The number of ether oxygens (including phenoxy) is 1. The number of aliphatic carboxylic acids is 2. The maximum Gasteiger partial charge on any atom is 0.310 e. The van der Waals surface area contributed by atoms with Crippen LogP contribution >= 0.6 is 0 Å². The summed E-state index contributed by atoms with van der Waals surface area (Å²) in [6.07, 6.45) is 5.36. The number of hydrogen-bond acceptors (Lipinski definition) is 8. The number of carboxylic acids is 2. The van der Waals surface area contributed by atoms with Crippen molar-refractivity contribution < 1.29 is 49.3 Å². The van der Waals surface area contributed by atoms with E-state index in [4.69, 9.17) is 14.5 Å². The van der Waals surface area contributed by atoms with Gasteiger partial charge in [-0.3, -0.25) is 14.4 Å². The van der Waals surface area contributed by atoms with Crippen molar-refractivity contribution in [2.45, 2.75) is 101 Å². The molecule has 0 spiro atoms. The molecule has 10 atom stereocenters. The van der Waals surface area contributed by atoms with Gasteiger partial charge >= 0.3 is 17.9 Å². The fraction of sp³-hybridized carbons (Fsp3) is 0.885. The van der Waals surface area contributed by atoms with E-state index in [-0.39, 0.29) is 49.4 Å². The van der Waals surface area contributed by atoms with Gasteiger partial charge in [-0.25, -0.2) is 9.78 Å². The highest BCUT2D eigenvalue weighted by Crippen LogP contribution is 2.44. The molecule has 4 fully saturated rings. The van der Waals surface area contributed by atoms with Crippen LogP contribution in [0.2, 0.25) is 0 Å². The van der Waals surface area contributed by atoms with E-state index in [0.29, 0.717) is 38.5 Å². The van der Waals surface area contributed by atoms with Gasteiger partial charge in [0.05, 0.1) is 42.7 Å². The molecule has 10 nitrogen and oxygen atoms in total. The average Bonchev–Trinajstić information content (AvgIpc) is 2.84. The highest BCUT2D eigenvalue weighted by molar-refractivity contribution is 5.81. The van der Waals surface area contributed by atoms with Crippen molar-refractivity contribution in [3.8, 4) is 0 Å². The van der Waals surface area contributed by atoms with Gasteiger partial charge in [0.1, 0.15) is 6.10 Å². The molecule has 4 aliphatic carbocycles. The van der Waals surface area contributed by atoms with Crippen molar-refractivity contribution in [1.82, 2.24) is 0 Å². The number of aliphatic hydroxyl groups excluding tert-OH is 2. The molecule has 0 aromatic heterocycles. The first-order valence-electron chi connectivity index (χ1n) is 13.5. The lowest BCUT2D eigenvalue weighted by Crippen LogP contribution is -2.47. The predicted molar refractivity (Wildman–Crippen MR) is 124 cm³/mol. The number of fused-ring (bicyclic) bond motifs is 1. The first-order valence-corrected chi connectivity index (χ1v) is 13.5. The number of carbonyl (C=O) groups is 3. The van der Waals surface area contributed by atoms with Crippen LogP contribution in [-0.2, 0) is 28.9 Å². The summed E-state index contributed by atoms with van der Waals surface area (Å²) in [5, 5.41) is 39.0. The molecule has 10 heteroatoms. The number of esters is 1. The number of rotatable bonds is 8. The molecule has 10 unspecified atom stereocenters. The minimum absolute atomic E-state index is 0.0881. The van der Waals surface area contributed by atoms with Gasteiger partial charge < -0.3 is 25.2 Å². The van der Waals surface area contributed by atoms with E-state index in [1.807, 2.05) is 0 Å². The van der Waals surface area contributed by atoms with Gasteiger partial charge in [0.25, 0.3) is 0 Å². The molecular weight excluding hydrogens is 472 g/mol. The fourth-order valence-corrected chi connectivity index (χ4v) is 7.04. The second kappa shape index (κ2) is 12.2. The van der Waals surface area contributed by atoms with Crippen LogP contribution in [0.5, 0.6) is 0 Å². The van der Waals surface area contributed by atoms with E-state index in [9.17, 15) is 34.8 Å². The lowest BCUT2D eigenvalue weighted by Gasteiger charge is -2.45. The molecule has 4 rings (SSSR count). The summed E-state index contributed by atoms with van der Waals surface area (Å²) >= 11 is 0. The molecule has 0 radical (unpaired) electrons. The van der Waals surface area contributed by atoms with E-state index >= 15 is 0 Å². The van der Waals surface area contributed by atoms with Crippen molar-refractivity contribution in [3.05, 3.63) is 0 Å². The van der Waals surface area contributed by atoms with Gasteiger partial charge in [0.2, 0.25) is 0 Å². The quantitative estimate of drug-likeness (QED) is 0.216. The van der Waals surface area contributed by atoms with Gasteiger partial charge in [-0.05, 0) is 70.1 Å². The second-order valence-electron chi connectivity index (χ2n) is 11.3. The molecule has 0 aromatic carbocycles. The van der Waals surface area contributed by atoms with Gasteiger partial charge in [0.15, 0.2) is 0 Å². The van der Waals surface area contributed by atoms with Crippen LogP contribution in [0.1, 0.15) is 77.0 Å². The van der Waals surface area contributed by atoms with Gasteiger partial charge in [-0.2, -0.15) is 0 Å². The second-order valence-corrected chi connectivity index (χ2v) is 11.3. The summed E-state index contributed by atoms with van der Waals surface area (Å²) in [7, 11) is 0. The Morgan fingerprint density at radius 1 is 0.667 bits per heavy atom. The molecule has 4 saturated carbocycles. The Morgan fingerprint density at radius 2 is 1.25 bits per heavy atom. The Kier molecular flexibility index (Phi) is 9.24. The first kappa shape index (κ1) is 27.3. The van der Waals surface area contributed by atoms with Crippen molar-refractivity contribution >= 4 is 17.9 Å². The number of carboxylic acid groups (broad SMARTS) is 2. The molecular formula is C26H40O10. The minimum Gasteiger partial charge on any atom is -0.481 e. The fourth-order valence-electron chi connectivity index (χ4n) is 7.04. The van der Waals surface area contributed by atoms with Crippen LogP contribution in [0.15, 0.2) is 0 Å². The van der Waals surface area contributed by atoms with E-state index in [1.54, 1.807) is 0 Å². The van der Waals surface area contributed by atoms with Gasteiger partial charge in [-0.1, -0.05) is 12.8 Å².